The number of imide groups is 2. The third kappa shape index (κ3) is 3.31. The molecule has 2 fully saturated rings. The highest BCUT2D eigenvalue weighted by molar-refractivity contribution is 6.23. The molecule has 0 bridgehead atoms. The smallest absolute Gasteiger partial charge is 0.262 e. The van der Waals surface area contributed by atoms with Crippen LogP contribution in [0.15, 0.2) is 18.2 Å². The number of benzene rings is 1. The molecule has 0 spiro atoms. The minimum Gasteiger partial charge on any atom is -0.316 e. The van der Waals surface area contributed by atoms with Crippen molar-refractivity contribution in [2.45, 2.75) is 31.6 Å². The van der Waals surface area contributed by atoms with Gasteiger partial charge < -0.3 is 10.6 Å². The van der Waals surface area contributed by atoms with Crippen molar-refractivity contribution >= 4 is 23.6 Å². The number of hydrogen-bond acceptors (Lipinski definition) is 6. The van der Waals surface area contributed by atoms with Crippen LogP contribution in [0.4, 0.5) is 4.39 Å². The summed E-state index contributed by atoms with van der Waals surface area (Å²) in [6, 6.07) is 3.90. The Bertz CT molecular complexity index is 854. The van der Waals surface area contributed by atoms with E-state index in [1.54, 1.807) is 18.2 Å². The van der Waals surface area contributed by atoms with Crippen LogP contribution in [-0.2, 0) is 16.1 Å². The highest BCUT2D eigenvalue weighted by atomic mass is 19.1. The Kier molecular flexibility index (Phi) is 4.94. The second kappa shape index (κ2) is 7.40. The maximum absolute atomic E-state index is 13.9. The second-order valence-corrected chi connectivity index (χ2v) is 7.39. The zero-order chi connectivity index (χ0) is 19.8. The molecule has 8 nitrogen and oxygen atoms in total. The Labute approximate surface area is 160 Å². The molecule has 3 heterocycles. The van der Waals surface area contributed by atoms with Gasteiger partial charge in [0.05, 0.1) is 11.1 Å². The minimum atomic E-state index is -0.977. The van der Waals surface area contributed by atoms with Gasteiger partial charge in [0.25, 0.3) is 11.8 Å². The maximum Gasteiger partial charge on any atom is 0.262 e. The molecule has 2 saturated heterocycles. The average molecular weight is 388 g/mol. The molecule has 3 aliphatic heterocycles. The first kappa shape index (κ1) is 18.7. The molecule has 0 aliphatic carbocycles. The zero-order valence-corrected chi connectivity index (χ0v) is 15.2. The van der Waals surface area contributed by atoms with Crippen LogP contribution in [0, 0.1) is 5.92 Å². The molecule has 28 heavy (non-hydrogen) atoms. The first-order valence-electron chi connectivity index (χ1n) is 9.35. The minimum absolute atomic E-state index is 0.0359. The van der Waals surface area contributed by atoms with Gasteiger partial charge >= 0.3 is 0 Å². The third-order valence-corrected chi connectivity index (χ3v) is 5.50. The van der Waals surface area contributed by atoms with Gasteiger partial charge in [-0.05, 0) is 24.1 Å². The van der Waals surface area contributed by atoms with Gasteiger partial charge in [-0.3, -0.25) is 29.4 Å². The lowest BCUT2D eigenvalue weighted by molar-refractivity contribution is -0.136. The highest BCUT2D eigenvalue weighted by Gasteiger charge is 2.44. The van der Waals surface area contributed by atoms with E-state index >= 15 is 0 Å². The number of fused-ring (bicyclic) bond motifs is 1. The van der Waals surface area contributed by atoms with E-state index in [1.165, 1.54) is 0 Å². The normalized spacial score (nSPS) is 23.5. The number of nitrogens with zero attached hydrogens (tertiary/aromatic N) is 1. The van der Waals surface area contributed by atoms with Crippen molar-refractivity contribution in [1.29, 1.82) is 0 Å². The average Bonchev–Trinajstić information content (AvgIpc) is 2.85. The predicted octanol–water partition coefficient (Wildman–Crippen LogP) is -0.265. The molecule has 148 valence electrons. The summed E-state index contributed by atoms with van der Waals surface area (Å²) in [5.41, 5.74) is 1.22. The van der Waals surface area contributed by atoms with Crippen molar-refractivity contribution < 1.29 is 23.6 Å². The summed E-state index contributed by atoms with van der Waals surface area (Å²) in [5.74, 6) is -2.08. The monoisotopic (exact) mass is 388 g/mol. The summed E-state index contributed by atoms with van der Waals surface area (Å²) in [6.45, 7) is 1.97. The largest absolute Gasteiger partial charge is 0.316 e. The molecular weight excluding hydrogens is 367 g/mol. The number of carbonyl (C=O) groups excluding carboxylic acids is 4. The predicted molar refractivity (Wildman–Crippen MR) is 96.1 cm³/mol. The molecule has 1 aromatic rings. The molecule has 0 saturated carbocycles. The van der Waals surface area contributed by atoms with Gasteiger partial charge in [-0.15, -0.1) is 0 Å². The van der Waals surface area contributed by atoms with Crippen LogP contribution in [0.25, 0.3) is 0 Å². The lowest BCUT2D eigenvalue weighted by Crippen LogP contribution is -2.54. The fourth-order valence-corrected chi connectivity index (χ4v) is 3.72. The lowest BCUT2D eigenvalue weighted by Gasteiger charge is -2.30. The molecule has 1 aromatic carbocycles. The van der Waals surface area contributed by atoms with Crippen molar-refractivity contribution in [3.63, 3.8) is 0 Å². The van der Waals surface area contributed by atoms with Gasteiger partial charge in [0.15, 0.2) is 0 Å². The van der Waals surface area contributed by atoms with Crippen molar-refractivity contribution in [2.24, 2.45) is 5.92 Å². The molecule has 9 heteroatoms. The van der Waals surface area contributed by atoms with E-state index in [9.17, 15) is 23.6 Å². The van der Waals surface area contributed by atoms with Gasteiger partial charge in [-0.1, -0.05) is 6.07 Å². The maximum atomic E-state index is 13.9. The Balaban J connectivity index is 1.43. The molecule has 2 atom stereocenters. The molecule has 4 amide bonds. The van der Waals surface area contributed by atoms with E-state index < -0.39 is 35.8 Å². The quantitative estimate of drug-likeness (QED) is 0.580. The molecule has 0 radical (unpaired) electrons. The summed E-state index contributed by atoms with van der Waals surface area (Å²) in [7, 11) is 0. The van der Waals surface area contributed by atoms with Crippen molar-refractivity contribution in [3.05, 3.63) is 34.9 Å². The first-order chi connectivity index (χ1) is 13.5. The fourth-order valence-electron chi connectivity index (χ4n) is 3.72. The Hall–Kier alpha value is -2.65. The van der Waals surface area contributed by atoms with Crippen molar-refractivity contribution in [2.75, 3.05) is 19.6 Å². The number of halogens is 1. The number of alkyl halides is 1. The van der Waals surface area contributed by atoms with Crippen LogP contribution in [-0.4, -0.2) is 60.4 Å². The molecule has 3 N–H and O–H groups in total. The summed E-state index contributed by atoms with van der Waals surface area (Å²) >= 11 is 0. The van der Waals surface area contributed by atoms with E-state index in [4.69, 9.17) is 0 Å². The third-order valence-electron chi connectivity index (χ3n) is 5.50. The van der Waals surface area contributed by atoms with E-state index in [-0.39, 0.29) is 36.4 Å². The van der Waals surface area contributed by atoms with E-state index in [1.807, 2.05) is 0 Å². The van der Waals surface area contributed by atoms with Crippen LogP contribution in [0.3, 0.4) is 0 Å². The Morgan fingerprint density at radius 2 is 1.89 bits per heavy atom. The van der Waals surface area contributed by atoms with Gasteiger partial charge in [-0.2, -0.15) is 0 Å². The molecule has 0 aromatic heterocycles. The molecule has 2 unspecified atom stereocenters. The first-order valence-corrected chi connectivity index (χ1v) is 9.35. The summed E-state index contributed by atoms with van der Waals surface area (Å²) in [6.07, 6.45) is -0.722. The second-order valence-electron chi connectivity index (χ2n) is 7.39. The number of carbonyl (C=O) groups is 4. The number of hydrogen-bond donors (Lipinski definition) is 3. The number of nitrogens with one attached hydrogen (secondary N) is 3. The van der Waals surface area contributed by atoms with E-state index in [0.29, 0.717) is 19.6 Å². The standard InChI is InChI=1S/C19H21FN4O4/c20-14(11-7-22-8-11)9-21-6-10-1-2-12-13(5-10)19(28)24(18(12)27)15-3-4-16(25)23-17(15)26/h1-2,5,11,14-15,21-22H,3-4,6-9H2,(H,23,25,26). The van der Waals surface area contributed by atoms with Crippen LogP contribution < -0.4 is 16.0 Å². The van der Waals surface area contributed by atoms with Crippen molar-refractivity contribution in [3.8, 4) is 0 Å². The summed E-state index contributed by atoms with van der Waals surface area (Å²) in [5, 5.41) is 8.24. The van der Waals surface area contributed by atoms with Crippen LogP contribution in [0.5, 0.6) is 0 Å². The van der Waals surface area contributed by atoms with Crippen LogP contribution in [0.1, 0.15) is 39.1 Å². The van der Waals surface area contributed by atoms with Gasteiger partial charge in [0.1, 0.15) is 12.2 Å². The summed E-state index contributed by atoms with van der Waals surface area (Å²) < 4.78 is 13.9. The topological polar surface area (TPSA) is 108 Å². The van der Waals surface area contributed by atoms with E-state index in [2.05, 4.69) is 16.0 Å². The number of amides is 4. The van der Waals surface area contributed by atoms with Crippen LogP contribution in [0.2, 0.25) is 0 Å². The van der Waals surface area contributed by atoms with Gasteiger partial charge in [-0.25, -0.2) is 4.39 Å². The number of piperidine rings is 1. The van der Waals surface area contributed by atoms with Gasteiger partial charge in [0, 0.05) is 38.5 Å². The Morgan fingerprint density at radius 1 is 1.14 bits per heavy atom. The molecule has 4 rings (SSSR count). The fraction of sp³-hybridized carbons (Fsp3) is 0.474. The molecule has 3 aliphatic rings. The number of rotatable bonds is 6. The van der Waals surface area contributed by atoms with E-state index in [0.717, 1.165) is 10.5 Å². The highest BCUT2D eigenvalue weighted by Crippen LogP contribution is 2.28. The SMILES string of the molecule is O=C1CCC(N2C(=O)c3ccc(CNCC(F)C4CNC4)cc3C2=O)C(=O)N1. The van der Waals surface area contributed by atoms with Gasteiger partial charge in [0.2, 0.25) is 11.8 Å². The zero-order valence-electron chi connectivity index (χ0n) is 15.2. The molecular formula is C19H21FN4O4. The Morgan fingerprint density at radius 3 is 2.57 bits per heavy atom. The summed E-state index contributed by atoms with van der Waals surface area (Å²) in [4.78, 5) is 49.7. The van der Waals surface area contributed by atoms with Crippen molar-refractivity contribution in [1.82, 2.24) is 20.9 Å². The lowest BCUT2D eigenvalue weighted by atomic mass is 9.97. The van der Waals surface area contributed by atoms with Crippen LogP contribution >= 0.6 is 0 Å².